The SMILES string of the molecule is Cn1ccnc1C(NC(=O)Cn1ccc(C(F)(F)F)n1)c1ccc(F)cc1. The largest absolute Gasteiger partial charge is 0.435 e. The van der Waals surface area contributed by atoms with Crippen LogP contribution in [0.5, 0.6) is 0 Å². The molecule has 3 rings (SSSR count). The van der Waals surface area contributed by atoms with Crippen molar-refractivity contribution >= 4 is 5.91 Å². The third kappa shape index (κ3) is 4.33. The van der Waals surface area contributed by atoms with Gasteiger partial charge in [0.15, 0.2) is 5.69 Å². The topological polar surface area (TPSA) is 64.7 Å². The molecule has 0 aliphatic carbocycles. The summed E-state index contributed by atoms with van der Waals surface area (Å²) < 4.78 is 53.6. The van der Waals surface area contributed by atoms with Gasteiger partial charge >= 0.3 is 6.18 Å². The number of carbonyl (C=O) groups is 1. The third-order valence-corrected chi connectivity index (χ3v) is 3.86. The van der Waals surface area contributed by atoms with Gasteiger partial charge in [-0.2, -0.15) is 18.3 Å². The number of aromatic nitrogens is 4. The highest BCUT2D eigenvalue weighted by Crippen LogP contribution is 2.27. The van der Waals surface area contributed by atoms with Crippen molar-refractivity contribution in [1.82, 2.24) is 24.6 Å². The molecule has 1 N–H and O–H groups in total. The predicted octanol–water partition coefficient (Wildman–Crippen LogP) is 2.68. The molecule has 0 radical (unpaired) electrons. The highest BCUT2D eigenvalue weighted by atomic mass is 19.4. The summed E-state index contributed by atoms with van der Waals surface area (Å²) in [6, 6.07) is 5.61. The maximum absolute atomic E-state index is 13.2. The molecule has 142 valence electrons. The van der Waals surface area contributed by atoms with Crippen molar-refractivity contribution < 1.29 is 22.4 Å². The molecule has 10 heteroatoms. The lowest BCUT2D eigenvalue weighted by molar-refractivity contribution is -0.141. The van der Waals surface area contributed by atoms with E-state index in [0.717, 1.165) is 16.9 Å². The maximum atomic E-state index is 13.2. The Hall–Kier alpha value is -3.17. The molecular weight excluding hydrogens is 366 g/mol. The monoisotopic (exact) mass is 381 g/mol. The zero-order valence-electron chi connectivity index (χ0n) is 14.1. The molecule has 0 bridgehead atoms. The molecule has 0 spiro atoms. The van der Waals surface area contributed by atoms with E-state index >= 15 is 0 Å². The zero-order valence-corrected chi connectivity index (χ0v) is 14.1. The number of imidazole rings is 1. The van der Waals surface area contributed by atoms with Gasteiger partial charge in [-0.3, -0.25) is 9.48 Å². The molecule has 0 aliphatic rings. The van der Waals surface area contributed by atoms with Crippen LogP contribution in [0.1, 0.15) is 23.1 Å². The van der Waals surface area contributed by atoms with Gasteiger partial charge in [-0.15, -0.1) is 0 Å². The Kier molecular flexibility index (Phi) is 4.98. The van der Waals surface area contributed by atoms with Crippen LogP contribution in [-0.2, 0) is 24.6 Å². The fourth-order valence-corrected chi connectivity index (χ4v) is 2.56. The first-order chi connectivity index (χ1) is 12.7. The Morgan fingerprint density at radius 1 is 1.19 bits per heavy atom. The number of alkyl halides is 3. The minimum Gasteiger partial charge on any atom is -0.340 e. The summed E-state index contributed by atoms with van der Waals surface area (Å²) in [7, 11) is 1.73. The van der Waals surface area contributed by atoms with Crippen LogP contribution in [0, 0.1) is 5.82 Å². The average molecular weight is 381 g/mol. The van der Waals surface area contributed by atoms with Crippen LogP contribution in [0.2, 0.25) is 0 Å². The lowest BCUT2D eigenvalue weighted by Crippen LogP contribution is -2.33. The Morgan fingerprint density at radius 2 is 1.89 bits per heavy atom. The van der Waals surface area contributed by atoms with E-state index in [1.807, 2.05) is 0 Å². The van der Waals surface area contributed by atoms with Crippen LogP contribution in [0.3, 0.4) is 0 Å². The molecule has 2 aromatic heterocycles. The number of hydrogen-bond acceptors (Lipinski definition) is 3. The van der Waals surface area contributed by atoms with Gasteiger partial charge in [-0.25, -0.2) is 9.37 Å². The summed E-state index contributed by atoms with van der Waals surface area (Å²) >= 11 is 0. The van der Waals surface area contributed by atoms with Crippen molar-refractivity contribution in [1.29, 1.82) is 0 Å². The lowest BCUT2D eigenvalue weighted by atomic mass is 10.1. The van der Waals surface area contributed by atoms with Crippen molar-refractivity contribution in [2.45, 2.75) is 18.8 Å². The summed E-state index contributed by atoms with van der Waals surface area (Å²) in [5.74, 6) is -0.504. The van der Waals surface area contributed by atoms with Gasteiger partial charge in [0.05, 0.1) is 0 Å². The summed E-state index contributed by atoms with van der Waals surface area (Å²) in [6.45, 7) is -0.405. The smallest absolute Gasteiger partial charge is 0.340 e. The third-order valence-electron chi connectivity index (χ3n) is 3.86. The van der Waals surface area contributed by atoms with Gasteiger partial charge in [-0.05, 0) is 23.8 Å². The Labute approximate surface area is 151 Å². The molecule has 1 unspecified atom stereocenters. The van der Waals surface area contributed by atoms with Gasteiger partial charge in [0.2, 0.25) is 5.91 Å². The Bertz CT molecular complexity index is 929. The summed E-state index contributed by atoms with van der Waals surface area (Å²) in [6.07, 6.45) is -0.274. The van der Waals surface area contributed by atoms with E-state index in [1.165, 1.54) is 24.3 Å². The second-order valence-electron chi connectivity index (χ2n) is 5.84. The first kappa shape index (κ1) is 18.6. The number of halogens is 4. The molecule has 3 aromatic rings. The Balaban J connectivity index is 1.80. The fraction of sp³-hybridized carbons (Fsp3) is 0.235. The lowest BCUT2D eigenvalue weighted by Gasteiger charge is -2.19. The van der Waals surface area contributed by atoms with Crippen molar-refractivity contribution in [2.24, 2.45) is 7.05 Å². The highest BCUT2D eigenvalue weighted by molar-refractivity contribution is 5.76. The maximum Gasteiger partial charge on any atom is 0.435 e. The molecular formula is C17H15F4N5O. The van der Waals surface area contributed by atoms with Gasteiger partial charge in [0, 0.05) is 25.6 Å². The van der Waals surface area contributed by atoms with Crippen LogP contribution in [0.25, 0.3) is 0 Å². The fourth-order valence-electron chi connectivity index (χ4n) is 2.56. The van der Waals surface area contributed by atoms with Crippen LogP contribution in [-0.4, -0.2) is 25.2 Å². The van der Waals surface area contributed by atoms with Gasteiger partial charge in [0.25, 0.3) is 0 Å². The van der Waals surface area contributed by atoms with Crippen LogP contribution < -0.4 is 5.32 Å². The quantitative estimate of drug-likeness (QED) is 0.691. The summed E-state index contributed by atoms with van der Waals surface area (Å²) in [4.78, 5) is 16.6. The van der Waals surface area contributed by atoms with E-state index < -0.39 is 36.2 Å². The molecule has 0 fully saturated rings. The van der Waals surface area contributed by atoms with Crippen molar-refractivity contribution in [3.8, 4) is 0 Å². The van der Waals surface area contributed by atoms with Gasteiger partial charge < -0.3 is 9.88 Å². The van der Waals surface area contributed by atoms with Gasteiger partial charge in [-0.1, -0.05) is 12.1 Å². The normalized spacial score (nSPS) is 12.8. The zero-order chi connectivity index (χ0) is 19.6. The van der Waals surface area contributed by atoms with Crippen molar-refractivity contribution in [3.63, 3.8) is 0 Å². The molecule has 1 amide bonds. The number of rotatable bonds is 5. The molecule has 1 aromatic carbocycles. The van der Waals surface area contributed by atoms with E-state index in [0.29, 0.717) is 11.4 Å². The summed E-state index contributed by atoms with van der Waals surface area (Å²) in [5, 5.41) is 6.06. The highest BCUT2D eigenvalue weighted by Gasteiger charge is 2.33. The number of nitrogens with zero attached hydrogens (tertiary/aromatic N) is 4. The van der Waals surface area contributed by atoms with Crippen LogP contribution >= 0.6 is 0 Å². The second kappa shape index (κ2) is 7.22. The number of nitrogens with one attached hydrogen (secondary N) is 1. The van der Waals surface area contributed by atoms with E-state index in [2.05, 4.69) is 15.4 Å². The van der Waals surface area contributed by atoms with Crippen molar-refractivity contribution in [3.05, 3.63) is 71.8 Å². The van der Waals surface area contributed by atoms with Gasteiger partial charge in [0.1, 0.15) is 24.2 Å². The number of aryl methyl sites for hydroxylation is 1. The van der Waals surface area contributed by atoms with Crippen molar-refractivity contribution in [2.75, 3.05) is 0 Å². The van der Waals surface area contributed by atoms with Crippen LogP contribution in [0.15, 0.2) is 48.9 Å². The Morgan fingerprint density at radius 3 is 2.44 bits per heavy atom. The van der Waals surface area contributed by atoms with E-state index in [9.17, 15) is 22.4 Å². The number of hydrogen-bond donors (Lipinski definition) is 1. The van der Waals surface area contributed by atoms with E-state index in [1.54, 1.807) is 24.0 Å². The number of carbonyl (C=O) groups excluding carboxylic acids is 1. The predicted molar refractivity (Wildman–Crippen MR) is 86.8 cm³/mol. The first-order valence-corrected chi connectivity index (χ1v) is 7.87. The minimum atomic E-state index is -4.58. The minimum absolute atomic E-state index is 0.405. The summed E-state index contributed by atoms with van der Waals surface area (Å²) in [5.41, 5.74) is -0.495. The molecule has 27 heavy (non-hydrogen) atoms. The standard InChI is InChI=1S/C17H15F4N5O/c1-25-9-7-22-16(25)15(11-2-4-12(18)5-3-11)23-14(27)10-26-8-6-13(24-26)17(19,20)21/h2-9,15H,10H2,1H3,(H,23,27). The number of amides is 1. The number of benzene rings is 1. The van der Waals surface area contributed by atoms with Crippen LogP contribution in [0.4, 0.5) is 17.6 Å². The first-order valence-electron chi connectivity index (χ1n) is 7.87. The second-order valence-corrected chi connectivity index (χ2v) is 5.84. The molecule has 0 saturated carbocycles. The van der Waals surface area contributed by atoms with E-state index in [-0.39, 0.29) is 0 Å². The van der Waals surface area contributed by atoms with E-state index in [4.69, 9.17) is 0 Å². The molecule has 2 heterocycles. The molecule has 6 nitrogen and oxygen atoms in total. The molecule has 0 aliphatic heterocycles. The average Bonchev–Trinajstić information content (AvgIpc) is 3.22. The molecule has 0 saturated heterocycles. The molecule has 1 atom stereocenters.